The Balaban J connectivity index is 0.00000216. The molecule has 0 spiro atoms. The zero-order chi connectivity index (χ0) is 23.7. The van der Waals surface area contributed by atoms with E-state index in [1.54, 1.807) is 31.2 Å². The SMILES string of the molecule is Cc1ccc(-c2c(CN)c(CC(C)C)nc(C)c2C(=O)OC2OC(=O)c3ccccc32)cc1.Cl.Cl. The predicted molar refractivity (Wildman–Crippen MR) is 140 cm³/mol. The molecule has 1 atom stereocenters. The van der Waals surface area contributed by atoms with Gasteiger partial charge in [-0.15, -0.1) is 24.8 Å². The molecular weight excluding hydrogens is 487 g/mol. The monoisotopic (exact) mass is 516 g/mol. The molecule has 2 aromatic carbocycles. The van der Waals surface area contributed by atoms with Gasteiger partial charge in [0.2, 0.25) is 0 Å². The summed E-state index contributed by atoms with van der Waals surface area (Å²) in [6, 6.07) is 14.8. The largest absolute Gasteiger partial charge is 0.417 e. The number of rotatable bonds is 6. The van der Waals surface area contributed by atoms with Gasteiger partial charge in [-0.3, -0.25) is 4.98 Å². The fourth-order valence-corrected chi connectivity index (χ4v) is 4.22. The fraction of sp³-hybridized carbons (Fsp3) is 0.296. The number of cyclic esters (lactones) is 1. The Morgan fingerprint density at radius 1 is 1.09 bits per heavy atom. The highest BCUT2D eigenvalue weighted by molar-refractivity contribution is 6.00. The van der Waals surface area contributed by atoms with Crippen LogP contribution in [0.15, 0.2) is 48.5 Å². The number of nitrogens with zero attached hydrogens (tertiary/aromatic N) is 1. The first-order valence-corrected chi connectivity index (χ1v) is 11.1. The van der Waals surface area contributed by atoms with Gasteiger partial charge in [-0.2, -0.15) is 0 Å². The zero-order valence-corrected chi connectivity index (χ0v) is 21.8. The van der Waals surface area contributed by atoms with Crippen molar-refractivity contribution in [2.45, 2.75) is 47.0 Å². The van der Waals surface area contributed by atoms with E-state index >= 15 is 0 Å². The molecule has 2 heterocycles. The number of carbonyl (C=O) groups excluding carboxylic acids is 2. The van der Waals surface area contributed by atoms with Gasteiger partial charge in [-0.1, -0.05) is 61.9 Å². The van der Waals surface area contributed by atoms with Gasteiger partial charge < -0.3 is 15.2 Å². The third kappa shape index (κ3) is 5.67. The van der Waals surface area contributed by atoms with Crippen molar-refractivity contribution >= 4 is 36.8 Å². The molecule has 4 rings (SSSR count). The molecule has 1 aliphatic rings. The molecule has 0 amide bonds. The van der Waals surface area contributed by atoms with Crippen LogP contribution in [-0.4, -0.2) is 16.9 Å². The van der Waals surface area contributed by atoms with E-state index in [0.717, 1.165) is 34.4 Å². The summed E-state index contributed by atoms with van der Waals surface area (Å²) in [5, 5.41) is 0. The van der Waals surface area contributed by atoms with Gasteiger partial charge >= 0.3 is 11.9 Å². The van der Waals surface area contributed by atoms with E-state index in [2.05, 4.69) is 13.8 Å². The second-order valence-electron chi connectivity index (χ2n) is 8.77. The molecule has 2 N–H and O–H groups in total. The van der Waals surface area contributed by atoms with E-state index in [1.165, 1.54) is 0 Å². The molecule has 186 valence electrons. The number of benzene rings is 2. The second kappa shape index (κ2) is 11.7. The Labute approximate surface area is 218 Å². The van der Waals surface area contributed by atoms with Crippen LogP contribution in [0.2, 0.25) is 0 Å². The lowest BCUT2D eigenvalue weighted by molar-refractivity contribution is -0.0724. The van der Waals surface area contributed by atoms with Crippen LogP contribution in [0.3, 0.4) is 0 Å². The average Bonchev–Trinajstić information content (AvgIpc) is 3.09. The number of aromatic nitrogens is 1. The fourth-order valence-electron chi connectivity index (χ4n) is 4.22. The normalized spacial score (nSPS) is 14.0. The van der Waals surface area contributed by atoms with Crippen LogP contribution in [0.4, 0.5) is 0 Å². The van der Waals surface area contributed by atoms with Crippen LogP contribution in [0.1, 0.15) is 68.9 Å². The molecule has 6 nitrogen and oxygen atoms in total. The van der Waals surface area contributed by atoms with Gasteiger partial charge in [0.1, 0.15) is 0 Å². The third-order valence-corrected chi connectivity index (χ3v) is 5.78. The standard InChI is InChI=1S/C27H28N2O4.2ClH/c1-15(2)13-22-21(14-28)24(18-11-9-16(3)10-12-18)23(17(4)29-22)26(31)33-27-20-8-6-5-7-19(20)25(30)32-27;;/h5-12,15,27H,13-14,28H2,1-4H3;2*1H. The minimum Gasteiger partial charge on any atom is -0.417 e. The molecule has 1 unspecified atom stereocenters. The Hall–Kier alpha value is -2.93. The van der Waals surface area contributed by atoms with Crippen LogP contribution in [-0.2, 0) is 22.4 Å². The predicted octanol–water partition coefficient (Wildman–Crippen LogP) is 5.89. The summed E-state index contributed by atoms with van der Waals surface area (Å²) in [5.74, 6) is -0.733. The third-order valence-electron chi connectivity index (χ3n) is 5.78. The van der Waals surface area contributed by atoms with Crippen molar-refractivity contribution in [2.24, 2.45) is 11.7 Å². The molecule has 1 aliphatic heterocycles. The first kappa shape index (κ1) is 28.3. The highest BCUT2D eigenvalue weighted by Crippen LogP contribution is 2.36. The van der Waals surface area contributed by atoms with E-state index in [1.807, 2.05) is 31.2 Å². The quantitative estimate of drug-likeness (QED) is 0.410. The number of fused-ring (bicyclic) bond motifs is 1. The maximum absolute atomic E-state index is 13.5. The smallest absolute Gasteiger partial charge is 0.343 e. The van der Waals surface area contributed by atoms with Crippen LogP contribution in [0.25, 0.3) is 11.1 Å². The molecule has 0 saturated heterocycles. The molecule has 35 heavy (non-hydrogen) atoms. The second-order valence-corrected chi connectivity index (χ2v) is 8.77. The van der Waals surface area contributed by atoms with Crippen molar-refractivity contribution in [2.75, 3.05) is 0 Å². The highest BCUT2D eigenvalue weighted by Gasteiger charge is 2.35. The van der Waals surface area contributed by atoms with Gasteiger partial charge in [0, 0.05) is 23.4 Å². The van der Waals surface area contributed by atoms with E-state index in [9.17, 15) is 9.59 Å². The summed E-state index contributed by atoms with van der Waals surface area (Å²) >= 11 is 0. The van der Waals surface area contributed by atoms with Crippen molar-refractivity contribution in [1.82, 2.24) is 4.98 Å². The zero-order valence-electron chi connectivity index (χ0n) is 20.2. The molecule has 0 bridgehead atoms. The Morgan fingerprint density at radius 2 is 1.74 bits per heavy atom. The highest BCUT2D eigenvalue weighted by atomic mass is 35.5. The summed E-state index contributed by atoms with van der Waals surface area (Å²) in [6.07, 6.45) is -0.349. The lowest BCUT2D eigenvalue weighted by Gasteiger charge is -2.21. The number of halogens is 2. The summed E-state index contributed by atoms with van der Waals surface area (Å²) in [5.41, 5.74) is 12.4. The number of ether oxygens (including phenoxy) is 2. The average molecular weight is 517 g/mol. The van der Waals surface area contributed by atoms with Gasteiger partial charge in [0.05, 0.1) is 16.8 Å². The van der Waals surface area contributed by atoms with E-state index in [4.69, 9.17) is 20.2 Å². The van der Waals surface area contributed by atoms with E-state index < -0.39 is 18.2 Å². The minimum atomic E-state index is -1.09. The van der Waals surface area contributed by atoms with Crippen molar-refractivity contribution in [3.8, 4) is 11.1 Å². The van der Waals surface area contributed by atoms with Crippen molar-refractivity contribution in [1.29, 1.82) is 0 Å². The number of aryl methyl sites for hydroxylation is 2. The maximum atomic E-state index is 13.5. The Kier molecular flexibility index (Phi) is 9.44. The Morgan fingerprint density at radius 3 is 2.37 bits per heavy atom. The first-order valence-electron chi connectivity index (χ1n) is 11.1. The minimum absolute atomic E-state index is 0. The number of carbonyl (C=O) groups is 2. The lowest BCUT2D eigenvalue weighted by atomic mass is 9.89. The number of nitrogens with two attached hydrogens (primary N) is 1. The van der Waals surface area contributed by atoms with Crippen molar-refractivity contribution in [3.05, 3.63) is 87.7 Å². The van der Waals surface area contributed by atoms with Gasteiger partial charge in [-0.25, -0.2) is 9.59 Å². The maximum Gasteiger partial charge on any atom is 0.343 e. The molecule has 1 aromatic heterocycles. The lowest BCUT2D eigenvalue weighted by Crippen LogP contribution is -2.19. The van der Waals surface area contributed by atoms with Crippen LogP contribution in [0.5, 0.6) is 0 Å². The summed E-state index contributed by atoms with van der Waals surface area (Å²) in [4.78, 5) is 30.4. The van der Waals surface area contributed by atoms with Crippen LogP contribution in [0, 0.1) is 19.8 Å². The van der Waals surface area contributed by atoms with Gasteiger partial charge in [0.15, 0.2) is 0 Å². The molecule has 0 fully saturated rings. The van der Waals surface area contributed by atoms with Gasteiger partial charge in [0.25, 0.3) is 6.29 Å². The molecule has 0 radical (unpaired) electrons. The molecule has 0 saturated carbocycles. The van der Waals surface area contributed by atoms with Crippen LogP contribution < -0.4 is 5.73 Å². The molecule has 8 heteroatoms. The number of esters is 2. The number of pyridine rings is 1. The first-order chi connectivity index (χ1) is 15.8. The molecular formula is C27H30Cl2N2O4. The van der Waals surface area contributed by atoms with E-state index in [-0.39, 0.29) is 31.4 Å². The molecule has 0 aliphatic carbocycles. The Bertz CT molecular complexity index is 1230. The molecule has 3 aromatic rings. The number of hydrogen-bond acceptors (Lipinski definition) is 6. The topological polar surface area (TPSA) is 91.5 Å². The number of hydrogen-bond donors (Lipinski definition) is 1. The summed E-state index contributed by atoms with van der Waals surface area (Å²) in [7, 11) is 0. The van der Waals surface area contributed by atoms with Crippen LogP contribution >= 0.6 is 24.8 Å². The van der Waals surface area contributed by atoms with E-state index in [0.29, 0.717) is 28.3 Å². The summed E-state index contributed by atoms with van der Waals surface area (Å²) < 4.78 is 11.0. The van der Waals surface area contributed by atoms with Crippen molar-refractivity contribution < 1.29 is 19.1 Å². The van der Waals surface area contributed by atoms with Crippen molar-refractivity contribution in [3.63, 3.8) is 0 Å². The summed E-state index contributed by atoms with van der Waals surface area (Å²) in [6.45, 7) is 8.29. The van der Waals surface area contributed by atoms with Gasteiger partial charge in [-0.05, 0) is 43.4 Å².